The molecule has 0 amide bonds. The van der Waals surface area contributed by atoms with E-state index in [0.717, 1.165) is 17.6 Å². The number of carbonyl (C=O) groups excluding carboxylic acids is 1. The number of benzene rings is 2. The van der Waals surface area contributed by atoms with E-state index >= 15 is 0 Å². The van der Waals surface area contributed by atoms with Crippen molar-refractivity contribution in [2.45, 2.75) is 33.6 Å². The van der Waals surface area contributed by atoms with Gasteiger partial charge >= 0.3 is 0 Å². The minimum Gasteiger partial charge on any atom is -0.493 e. The number of rotatable bonds is 12. The van der Waals surface area contributed by atoms with Crippen LogP contribution in [0.1, 0.15) is 49.5 Å². The second kappa shape index (κ2) is 11.7. The Balaban J connectivity index is 2.41. The normalized spacial score (nSPS) is 11.1. The lowest BCUT2D eigenvalue weighted by atomic mass is 9.96. The summed E-state index contributed by atoms with van der Waals surface area (Å²) in [6.07, 6.45) is 5.12. The number of carbonyl (C=O) groups is 1. The number of Topliss-reactive ketones (excluding diaryl/α,β-unsaturated/α-hetero) is 1. The highest BCUT2D eigenvalue weighted by Crippen LogP contribution is 2.32. The Morgan fingerprint density at radius 1 is 0.931 bits per heavy atom. The highest BCUT2D eigenvalue weighted by atomic mass is 16.5. The number of allylic oxidation sites excluding steroid dienone is 1. The first kappa shape index (κ1) is 22.3. The molecule has 0 fully saturated rings. The number of hydrogen-bond acceptors (Lipinski definition) is 4. The van der Waals surface area contributed by atoms with Crippen molar-refractivity contribution in [2.24, 2.45) is 0 Å². The van der Waals surface area contributed by atoms with Crippen molar-refractivity contribution in [3.63, 3.8) is 0 Å². The fourth-order valence-corrected chi connectivity index (χ4v) is 2.97. The summed E-state index contributed by atoms with van der Waals surface area (Å²) in [4.78, 5) is 13.2. The maximum absolute atomic E-state index is 13.2. The molecule has 0 aromatic heterocycles. The molecule has 4 heteroatoms. The van der Waals surface area contributed by atoms with Crippen LogP contribution in [0, 0.1) is 0 Å². The van der Waals surface area contributed by atoms with Crippen LogP contribution >= 0.6 is 0 Å². The average Bonchev–Trinajstić information content (AvgIpc) is 2.74. The van der Waals surface area contributed by atoms with Crippen LogP contribution in [0.2, 0.25) is 0 Å². The Labute approximate surface area is 173 Å². The first-order valence-corrected chi connectivity index (χ1v) is 10.1. The zero-order chi connectivity index (χ0) is 21.1. The van der Waals surface area contributed by atoms with Crippen LogP contribution in [0.4, 0.5) is 0 Å². The number of ketones is 1. The lowest BCUT2D eigenvalue weighted by molar-refractivity contribution is 0.103. The van der Waals surface area contributed by atoms with Gasteiger partial charge in [-0.2, -0.15) is 0 Å². The third kappa shape index (κ3) is 6.24. The van der Waals surface area contributed by atoms with Gasteiger partial charge in [0, 0.05) is 11.1 Å². The van der Waals surface area contributed by atoms with Crippen LogP contribution in [-0.4, -0.2) is 25.6 Å². The molecule has 0 aliphatic rings. The lowest BCUT2D eigenvalue weighted by Gasteiger charge is -2.14. The Kier molecular flexibility index (Phi) is 9.03. The molecule has 0 saturated carbocycles. The quantitative estimate of drug-likeness (QED) is 0.247. The number of ether oxygens (including phenoxy) is 3. The minimum absolute atomic E-state index is 0.00382. The second-order valence-electron chi connectivity index (χ2n) is 6.41. The Hall–Kier alpha value is -3.01. The molecule has 0 aliphatic heterocycles. The zero-order valence-electron chi connectivity index (χ0n) is 17.6. The summed E-state index contributed by atoms with van der Waals surface area (Å²) in [5, 5.41) is 0. The molecule has 4 nitrogen and oxygen atoms in total. The van der Waals surface area contributed by atoms with Crippen LogP contribution < -0.4 is 14.2 Å². The van der Waals surface area contributed by atoms with Crippen molar-refractivity contribution in [3.8, 4) is 17.2 Å². The van der Waals surface area contributed by atoms with E-state index in [1.807, 2.05) is 38.1 Å². The largest absolute Gasteiger partial charge is 0.493 e. The summed E-state index contributed by atoms with van der Waals surface area (Å²) in [7, 11) is 0. The molecular formula is C25H30O4. The zero-order valence-corrected chi connectivity index (χ0v) is 17.6. The smallest absolute Gasteiger partial charge is 0.189 e. The molecule has 0 bridgehead atoms. The van der Waals surface area contributed by atoms with E-state index in [4.69, 9.17) is 14.2 Å². The molecule has 2 rings (SSSR count). The van der Waals surface area contributed by atoms with Gasteiger partial charge in [0.2, 0.25) is 0 Å². The van der Waals surface area contributed by atoms with Crippen LogP contribution in [0.15, 0.2) is 60.7 Å². The van der Waals surface area contributed by atoms with E-state index in [1.54, 1.807) is 30.3 Å². The topological polar surface area (TPSA) is 44.8 Å². The highest BCUT2D eigenvalue weighted by Gasteiger charge is 2.16. The number of hydrogen-bond donors (Lipinski definition) is 0. The van der Waals surface area contributed by atoms with Crippen LogP contribution in [0.5, 0.6) is 17.2 Å². The first-order valence-electron chi connectivity index (χ1n) is 10.1. The van der Waals surface area contributed by atoms with Crippen LogP contribution in [0.25, 0.3) is 6.08 Å². The van der Waals surface area contributed by atoms with Gasteiger partial charge < -0.3 is 14.2 Å². The van der Waals surface area contributed by atoms with Crippen LogP contribution in [0.3, 0.4) is 0 Å². The third-order valence-corrected chi connectivity index (χ3v) is 4.24. The van der Waals surface area contributed by atoms with Crippen molar-refractivity contribution in [1.29, 1.82) is 0 Å². The predicted molar refractivity (Wildman–Crippen MR) is 118 cm³/mol. The monoisotopic (exact) mass is 394 g/mol. The molecule has 154 valence electrons. The van der Waals surface area contributed by atoms with Crippen molar-refractivity contribution in [3.05, 3.63) is 71.8 Å². The fraction of sp³-hybridized carbons (Fsp3) is 0.320. The van der Waals surface area contributed by atoms with Gasteiger partial charge in [-0.05, 0) is 62.7 Å². The molecule has 0 spiro atoms. The van der Waals surface area contributed by atoms with E-state index in [0.29, 0.717) is 49.1 Å². The van der Waals surface area contributed by atoms with Crippen LogP contribution in [-0.2, 0) is 0 Å². The van der Waals surface area contributed by atoms with Crippen molar-refractivity contribution in [2.75, 3.05) is 19.8 Å². The van der Waals surface area contributed by atoms with Gasteiger partial charge in [-0.3, -0.25) is 4.79 Å². The fourth-order valence-electron chi connectivity index (χ4n) is 2.97. The maximum Gasteiger partial charge on any atom is 0.189 e. The van der Waals surface area contributed by atoms with E-state index in [-0.39, 0.29) is 5.78 Å². The first-order chi connectivity index (χ1) is 14.1. The van der Waals surface area contributed by atoms with Crippen molar-refractivity contribution >= 4 is 11.9 Å². The van der Waals surface area contributed by atoms with E-state index in [2.05, 4.69) is 13.5 Å². The molecule has 29 heavy (non-hydrogen) atoms. The second-order valence-corrected chi connectivity index (χ2v) is 6.41. The van der Waals surface area contributed by atoms with E-state index in [1.165, 1.54) is 0 Å². The van der Waals surface area contributed by atoms with Crippen molar-refractivity contribution in [1.82, 2.24) is 0 Å². The molecule has 0 saturated heterocycles. The average molecular weight is 395 g/mol. The van der Waals surface area contributed by atoms with E-state index < -0.39 is 0 Å². The Bertz CT molecular complexity index is 810. The molecule has 0 unspecified atom stereocenters. The molecule has 0 aliphatic carbocycles. The molecular weight excluding hydrogens is 364 g/mol. The Morgan fingerprint density at radius 2 is 1.55 bits per heavy atom. The van der Waals surface area contributed by atoms with Gasteiger partial charge in [0.15, 0.2) is 5.78 Å². The lowest BCUT2D eigenvalue weighted by Crippen LogP contribution is -2.05. The van der Waals surface area contributed by atoms with Gasteiger partial charge in [0.05, 0.1) is 18.8 Å². The summed E-state index contributed by atoms with van der Waals surface area (Å²) in [6.45, 7) is 11.1. The van der Waals surface area contributed by atoms with Gasteiger partial charge in [-0.25, -0.2) is 0 Å². The molecule has 2 aromatic carbocycles. The molecule has 0 N–H and O–H groups in total. The predicted octanol–water partition coefficient (Wildman–Crippen LogP) is 6.12. The van der Waals surface area contributed by atoms with Gasteiger partial charge in [0.1, 0.15) is 23.9 Å². The molecule has 0 heterocycles. The third-order valence-electron chi connectivity index (χ3n) is 4.24. The summed E-state index contributed by atoms with van der Waals surface area (Å²) in [5.41, 5.74) is 2.15. The summed E-state index contributed by atoms with van der Waals surface area (Å²) in [6, 6.07) is 12.9. The van der Waals surface area contributed by atoms with Crippen molar-refractivity contribution < 1.29 is 19.0 Å². The SMILES string of the molecule is C=CCOc1ccc(C(=O)C(=Cc2c(OCC)cccc2OCC)CCC)cc1. The standard InChI is InChI=1S/C25H30O4/c1-5-10-20(25(26)19-13-15-21(16-14-19)29-17-6-2)18-22-23(27-7-3)11-9-12-24(22)28-8-4/h6,9,11-16,18H,2,5,7-8,10,17H2,1,3-4H3. The minimum atomic E-state index is -0.00382. The molecule has 0 atom stereocenters. The van der Waals surface area contributed by atoms with Gasteiger partial charge in [0.25, 0.3) is 0 Å². The molecule has 0 radical (unpaired) electrons. The summed E-state index contributed by atoms with van der Waals surface area (Å²) in [5.74, 6) is 2.14. The maximum atomic E-state index is 13.2. The highest BCUT2D eigenvalue weighted by molar-refractivity contribution is 6.11. The molecule has 2 aromatic rings. The van der Waals surface area contributed by atoms with Gasteiger partial charge in [-0.1, -0.05) is 32.1 Å². The summed E-state index contributed by atoms with van der Waals surface area (Å²) >= 11 is 0. The Morgan fingerprint density at radius 3 is 2.07 bits per heavy atom. The van der Waals surface area contributed by atoms with E-state index in [9.17, 15) is 4.79 Å². The summed E-state index contributed by atoms with van der Waals surface area (Å²) < 4.78 is 17.1. The van der Waals surface area contributed by atoms with Gasteiger partial charge in [-0.15, -0.1) is 0 Å².